The molecule has 1 aliphatic heterocycles. The number of thioether (sulfide) groups is 1. The summed E-state index contributed by atoms with van der Waals surface area (Å²) in [5, 5.41) is 18.9. The van der Waals surface area contributed by atoms with Gasteiger partial charge in [0.2, 0.25) is 5.91 Å². The van der Waals surface area contributed by atoms with E-state index < -0.39 is 5.97 Å². The number of aliphatic carboxylic acids is 1. The van der Waals surface area contributed by atoms with Crippen LogP contribution in [0.3, 0.4) is 0 Å². The molecule has 0 aliphatic carbocycles. The topological polar surface area (TPSA) is 94.3 Å². The van der Waals surface area contributed by atoms with Crippen LogP contribution >= 0.6 is 11.8 Å². The summed E-state index contributed by atoms with van der Waals surface area (Å²) in [6.45, 7) is 6.67. The van der Waals surface area contributed by atoms with Gasteiger partial charge in [-0.05, 0) is 44.7 Å². The number of hydrogen-bond donors (Lipinski definition) is 1. The van der Waals surface area contributed by atoms with E-state index in [1.165, 1.54) is 11.8 Å². The second-order valence-electron chi connectivity index (χ2n) is 6.02. The average molecular weight is 347 g/mol. The largest absolute Gasteiger partial charge is 0.481 e. The molecule has 0 spiro atoms. The fraction of sp³-hybridized carbons (Fsp3) is 0.529. The number of piperidine rings is 1. The predicted molar refractivity (Wildman–Crippen MR) is 90.8 cm³/mol. The molecule has 1 aromatic heterocycles. The average Bonchev–Trinajstić information content (AvgIpc) is 2.57. The Morgan fingerprint density at radius 1 is 1.29 bits per heavy atom. The van der Waals surface area contributed by atoms with Gasteiger partial charge in [-0.1, -0.05) is 11.8 Å². The standard InChI is InChI=1S/C17H21N3O3S/c1-10-11(2)14(8-18)16(19-12(10)3)24-9-15(21)20-6-4-13(5-7-20)17(22)23/h13H,4-7,9H2,1-3H3,(H,22,23). The van der Waals surface area contributed by atoms with Crippen LogP contribution < -0.4 is 0 Å². The molecule has 0 radical (unpaired) electrons. The van der Waals surface area contributed by atoms with Gasteiger partial charge < -0.3 is 10.0 Å². The number of rotatable bonds is 4. The molecule has 0 atom stereocenters. The molecule has 1 saturated heterocycles. The predicted octanol–water partition coefficient (Wildman–Crippen LogP) is 2.29. The van der Waals surface area contributed by atoms with Crippen molar-refractivity contribution in [1.82, 2.24) is 9.88 Å². The van der Waals surface area contributed by atoms with Crippen molar-refractivity contribution in [2.75, 3.05) is 18.8 Å². The fourth-order valence-corrected chi connectivity index (χ4v) is 3.73. The van der Waals surface area contributed by atoms with Crippen LogP contribution in [-0.2, 0) is 9.59 Å². The molecule has 1 fully saturated rings. The van der Waals surface area contributed by atoms with Crippen LogP contribution in [0.25, 0.3) is 0 Å². The van der Waals surface area contributed by atoms with Gasteiger partial charge in [0, 0.05) is 18.8 Å². The molecule has 0 bridgehead atoms. The maximum Gasteiger partial charge on any atom is 0.306 e. The van der Waals surface area contributed by atoms with Crippen molar-refractivity contribution in [1.29, 1.82) is 5.26 Å². The quantitative estimate of drug-likeness (QED) is 0.840. The molecule has 1 N–H and O–H groups in total. The Labute approximate surface area is 145 Å². The Hall–Kier alpha value is -2.07. The number of likely N-dealkylation sites (tertiary alicyclic amines) is 1. The summed E-state index contributed by atoms with van der Waals surface area (Å²) in [5.41, 5.74) is 3.30. The van der Waals surface area contributed by atoms with E-state index in [1.54, 1.807) is 4.90 Å². The Bertz CT molecular complexity index is 704. The first-order chi connectivity index (χ1) is 11.3. The zero-order chi connectivity index (χ0) is 17.9. The second-order valence-corrected chi connectivity index (χ2v) is 6.99. The maximum absolute atomic E-state index is 12.3. The number of amides is 1. The van der Waals surface area contributed by atoms with Gasteiger partial charge in [-0.2, -0.15) is 5.26 Å². The molecular formula is C17H21N3O3S. The number of pyridine rings is 1. The number of carbonyl (C=O) groups is 2. The summed E-state index contributed by atoms with van der Waals surface area (Å²) in [5.74, 6) is -0.965. The molecule has 0 unspecified atom stereocenters. The Balaban J connectivity index is 2.01. The Kier molecular flexibility index (Phi) is 5.84. The van der Waals surface area contributed by atoms with Gasteiger partial charge in [0.15, 0.2) is 0 Å². The summed E-state index contributed by atoms with van der Waals surface area (Å²) < 4.78 is 0. The molecule has 2 heterocycles. The zero-order valence-electron chi connectivity index (χ0n) is 14.1. The van der Waals surface area contributed by atoms with Gasteiger partial charge in [-0.3, -0.25) is 9.59 Å². The summed E-state index contributed by atoms with van der Waals surface area (Å²) in [7, 11) is 0. The molecule has 24 heavy (non-hydrogen) atoms. The number of nitriles is 1. The minimum absolute atomic E-state index is 0.0367. The van der Waals surface area contributed by atoms with E-state index in [0.717, 1.165) is 16.8 Å². The molecule has 7 heteroatoms. The second kappa shape index (κ2) is 7.67. The molecule has 1 aromatic rings. The minimum Gasteiger partial charge on any atom is -0.481 e. The highest BCUT2D eigenvalue weighted by molar-refractivity contribution is 8.00. The van der Waals surface area contributed by atoms with Crippen molar-refractivity contribution in [3.8, 4) is 6.07 Å². The lowest BCUT2D eigenvalue weighted by molar-refractivity contribution is -0.145. The molecule has 1 aliphatic rings. The number of carbonyl (C=O) groups excluding carboxylic acids is 1. The van der Waals surface area contributed by atoms with Gasteiger partial charge in [0.25, 0.3) is 0 Å². The van der Waals surface area contributed by atoms with E-state index in [4.69, 9.17) is 5.11 Å². The smallest absolute Gasteiger partial charge is 0.306 e. The third-order valence-electron chi connectivity index (χ3n) is 4.60. The lowest BCUT2D eigenvalue weighted by atomic mass is 9.97. The highest BCUT2D eigenvalue weighted by Crippen LogP contribution is 2.27. The number of carboxylic acids is 1. The minimum atomic E-state index is -0.787. The van der Waals surface area contributed by atoms with Gasteiger partial charge in [-0.15, -0.1) is 0 Å². The zero-order valence-corrected chi connectivity index (χ0v) is 14.9. The molecule has 6 nitrogen and oxygen atoms in total. The van der Waals surface area contributed by atoms with E-state index >= 15 is 0 Å². The monoisotopic (exact) mass is 347 g/mol. The number of nitrogens with zero attached hydrogens (tertiary/aromatic N) is 3. The summed E-state index contributed by atoms with van der Waals surface area (Å²) in [6, 6.07) is 2.18. The maximum atomic E-state index is 12.3. The fourth-order valence-electron chi connectivity index (χ4n) is 2.74. The van der Waals surface area contributed by atoms with Crippen LogP contribution in [0.2, 0.25) is 0 Å². The van der Waals surface area contributed by atoms with Crippen LogP contribution in [0.4, 0.5) is 0 Å². The van der Waals surface area contributed by atoms with E-state index in [2.05, 4.69) is 11.1 Å². The van der Waals surface area contributed by atoms with Gasteiger partial charge in [0.1, 0.15) is 11.1 Å². The number of aromatic nitrogens is 1. The first-order valence-corrected chi connectivity index (χ1v) is 8.85. The molecule has 128 valence electrons. The van der Waals surface area contributed by atoms with Crippen LogP contribution in [0.15, 0.2) is 5.03 Å². The summed E-state index contributed by atoms with van der Waals surface area (Å²) >= 11 is 1.28. The summed E-state index contributed by atoms with van der Waals surface area (Å²) in [6.07, 6.45) is 0.992. The highest BCUT2D eigenvalue weighted by Gasteiger charge is 2.27. The number of hydrogen-bond acceptors (Lipinski definition) is 5. The Morgan fingerprint density at radius 3 is 2.46 bits per heavy atom. The molecular weight excluding hydrogens is 326 g/mol. The normalized spacial score (nSPS) is 15.2. The third kappa shape index (κ3) is 3.88. The van der Waals surface area contributed by atoms with Crippen LogP contribution in [0.1, 0.15) is 35.2 Å². The van der Waals surface area contributed by atoms with Crippen molar-refractivity contribution in [2.45, 2.75) is 38.6 Å². The lowest BCUT2D eigenvalue weighted by Gasteiger charge is -2.30. The highest BCUT2D eigenvalue weighted by atomic mass is 32.2. The van der Waals surface area contributed by atoms with Gasteiger partial charge in [0.05, 0.1) is 17.2 Å². The van der Waals surface area contributed by atoms with Crippen molar-refractivity contribution in [3.63, 3.8) is 0 Å². The van der Waals surface area contributed by atoms with E-state index in [9.17, 15) is 14.9 Å². The molecule has 2 rings (SSSR count). The first-order valence-electron chi connectivity index (χ1n) is 7.86. The van der Waals surface area contributed by atoms with Crippen molar-refractivity contribution in [3.05, 3.63) is 22.4 Å². The van der Waals surface area contributed by atoms with Gasteiger partial charge in [-0.25, -0.2) is 4.98 Å². The van der Waals surface area contributed by atoms with Crippen LogP contribution in [-0.4, -0.2) is 45.7 Å². The lowest BCUT2D eigenvalue weighted by Crippen LogP contribution is -2.41. The summed E-state index contributed by atoms with van der Waals surface area (Å²) in [4.78, 5) is 29.4. The SMILES string of the molecule is Cc1nc(SCC(=O)N2CCC(C(=O)O)CC2)c(C#N)c(C)c1C. The molecule has 1 amide bonds. The number of aryl methyl sites for hydroxylation is 1. The van der Waals surface area contributed by atoms with Gasteiger partial charge >= 0.3 is 5.97 Å². The van der Waals surface area contributed by atoms with Crippen LogP contribution in [0, 0.1) is 38.0 Å². The third-order valence-corrected chi connectivity index (χ3v) is 5.56. The van der Waals surface area contributed by atoms with Crippen molar-refractivity contribution in [2.24, 2.45) is 5.92 Å². The van der Waals surface area contributed by atoms with Crippen molar-refractivity contribution < 1.29 is 14.7 Å². The Morgan fingerprint density at radius 2 is 1.92 bits per heavy atom. The van der Waals surface area contributed by atoms with E-state index in [-0.39, 0.29) is 17.6 Å². The van der Waals surface area contributed by atoms with E-state index in [0.29, 0.717) is 36.5 Å². The molecule has 0 saturated carbocycles. The van der Waals surface area contributed by atoms with E-state index in [1.807, 2.05) is 20.8 Å². The molecule has 0 aromatic carbocycles. The number of carboxylic acid groups (broad SMARTS) is 1. The first kappa shape index (κ1) is 18.3. The van der Waals surface area contributed by atoms with Crippen LogP contribution in [0.5, 0.6) is 0 Å². The van der Waals surface area contributed by atoms with Crippen molar-refractivity contribution >= 4 is 23.6 Å².